The standard InChI is InChI=1S/C28H33N7O2/c1-6-31-27-19(3)35(13-14-37-27)23-15-22(32-17-33-23)24-18(2)7-8-21(25(24)28(4,5)16-29)34-26(36)20-9-11-30-12-10-20/h7-12,15,17,19,27,31H,6,13-14H2,1-5H3,(H,34,36)/t19-,27-/m0/s1. The highest BCUT2D eigenvalue weighted by atomic mass is 16.5. The number of carbonyl (C=O) groups excluding carboxylic acids is 1. The molecule has 0 saturated carbocycles. The molecule has 4 rings (SSSR count). The molecule has 2 N–H and O–H groups in total. The Hall–Kier alpha value is -3.87. The zero-order valence-electron chi connectivity index (χ0n) is 21.9. The number of aromatic nitrogens is 3. The lowest BCUT2D eigenvalue weighted by Crippen LogP contribution is -2.55. The summed E-state index contributed by atoms with van der Waals surface area (Å²) in [6.07, 6.45) is 4.61. The number of morpholine rings is 1. The smallest absolute Gasteiger partial charge is 0.255 e. The van der Waals surface area contributed by atoms with Gasteiger partial charge in [0.1, 0.15) is 18.4 Å². The van der Waals surface area contributed by atoms with Crippen molar-refractivity contribution in [3.05, 3.63) is 65.7 Å². The number of anilines is 2. The van der Waals surface area contributed by atoms with E-state index in [0.717, 1.165) is 23.5 Å². The third-order valence-corrected chi connectivity index (χ3v) is 6.68. The molecule has 1 aliphatic heterocycles. The Bertz CT molecular complexity index is 1300. The van der Waals surface area contributed by atoms with E-state index in [1.54, 1.807) is 30.9 Å². The van der Waals surface area contributed by atoms with E-state index in [-0.39, 0.29) is 18.2 Å². The topological polar surface area (TPSA) is 116 Å². The van der Waals surface area contributed by atoms with E-state index in [1.807, 2.05) is 39.0 Å². The minimum absolute atomic E-state index is 0.0681. The first-order valence-corrected chi connectivity index (χ1v) is 12.5. The molecule has 1 fully saturated rings. The molecule has 0 spiro atoms. The molecule has 1 aliphatic rings. The first kappa shape index (κ1) is 26.2. The minimum Gasteiger partial charge on any atom is -0.359 e. The molecule has 2 aromatic heterocycles. The zero-order valence-corrected chi connectivity index (χ0v) is 21.9. The molecule has 3 heterocycles. The van der Waals surface area contributed by atoms with Gasteiger partial charge in [-0.3, -0.25) is 15.1 Å². The molecule has 0 radical (unpaired) electrons. The molecule has 1 amide bonds. The summed E-state index contributed by atoms with van der Waals surface area (Å²) in [5.41, 5.74) is 3.31. The van der Waals surface area contributed by atoms with Crippen LogP contribution >= 0.6 is 0 Å². The van der Waals surface area contributed by atoms with Crippen LogP contribution in [0.25, 0.3) is 11.3 Å². The van der Waals surface area contributed by atoms with Crippen LogP contribution in [0.4, 0.5) is 11.5 Å². The van der Waals surface area contributed by atoms with Crippen LogP contribution in [0.1, 0.15) is 49.2 Å². The van der Waals surface area contributed by atoms with Crippen LogP contribution in [0.3, 0.4) is 0 Å². The molecule has 3 aromatic rings. The minimum atomic E-state index is -0.907. The SMILES string of the molecule is CCN[C@H]1OCCN(c2cc(-c3c(C)ccc(NC(=O)c4ccncc4)c3C(C)(C)C#N)ncn2)[C@H]1C. The molecule has 0 unspecified atom stereocenters. The number of hydrogen-bond donors (Lipinski definition) is 2. The summed E-state index contributed by atoms with van der Waals surface area (Å²) in [5.74, 6) is 0.516. The summed E-state index contributed by atoms with van der Waals surface area (Å²) in [6.45, 7) is 11.9. The third kappa shape index (κ3) is 5.45. The van der Waals surface area contributed by atoms with E-state index in [2.05, 4.69) is 50.4 Å². The molecule has 192 valence electrons. The maximum atomic E-state index is 13.0. The average Bonchev–Trinajstić information content (AvgIpc) is 2.91. The second-order valence-corrected chi connectivity index (χ2v) is 9.65. The lowest BCUT2D eigenvalue weighted by atomic mass is 9.79. The van der Waals surface area contributed by atoms with E-state index in [0.29, 0.717) is 35.7 Å². The molecular formula is C28H33N7O2. The van der Waals surface area contributed by atoms with Crippen LogP contribution in [0.2, 0.25) is 0 Å². The number of nitriles is 1. The van der Waals surface area contributed by atoms with Crippen molar-refractivity contribution in [3.8, 4) is 17.3 Å². The van der Waals surface area contributed by atoms with Gasteiger partial charge in [0.25, 0.3) is 5.91 Å². The van der Waals surface area contributed by atoms with Gasteiger partial charge in [0.2, 0.25) is 0 Å². The summed E-state index contributed by atoms with van der Waals surface area (Å²) < 4.78 is 5.91. The van der Waals surface area contributed by atoms with Crippen molar-refractivity contribution in [2.24, 2.45) is 0 Å². The summed E-state index contributed by atoms with van der Waals surface area (Å²) in [4.78, 5) is 28.4. The number of benzene rings is 1. The number of aryl methyl sites for hydroxylation is 1. The molecule has 0 aliphatic carbocycles. The number of likely N-dealkylation sites (N-methyl/N-ethyl adjacent to an activating group) is 1. The molecular weight excluding hydrogens is 466 g/mol. The van der Waals surface area contributed by atoms with Gasteiger partial charge in [-0.2, -0.15) is 5.26 Å². The molecule has 2 atom stereocenters. The Labute approximate surface area is 217 Å². The normalized spacial score (nSPS) is 17.8. The van der Waals surface area contributed by atoms with Crippen LogP contribution in [0.15, 0.2) is 49.1 Å². The van der Waals surface area contributed by atoms with Gasteiger partial charge in [0, 0.05) is 47.4 Å². The van der Waals surface area contributed by atoms with Gasteiger partial charge in [-0.05, 0) is 58.0 Å². The van der Waals surface area contributed by atoms with E-state index >= 15 is 0 Å². The van der Waals surface area contributed by atoms with E-state index < -0.39 is 5.41 Å². The number of pyridine rings is 1. The van der Waals surface area contributed by atoms with Gasteiger partial charge in [-0.1, -0.05) is 13.0 Å². The van der Waals surface area contributed by atoms with Crippen molar-refractivity contribution in [3.63, 3.8) is 0 Å². The van der Waals surface area contributed by atoms with Crippen LogP contribution < -0.4 is 15.5 Å². The third-order valence-electron chi connectivity index (χ3n) is 6.68. The number of rotatable bonds is 7. The van der Waals surface area contributed by atoms with Crippen LogP contribution in [0.5, 0.6) is 0 Å². The lowest BCUT2D eigenvalue weighted by molar-refractivity contribution is -0.00508. The predicted octanol–water partition coefficient (Wildman–Crippen LogP) is 4.06. The first-order chi connectivity index (χ1) is 17.8. The number of hydrogen-bond acceptors (Lipinski definition) is 8. The Morgan fingerprint density at radius 3 is 2.70 bits per heavy atom. The van der Waals surface area contributed by atoms with Crippen molar-refractivity contribution >= 4 is 17.4 Å². The van der Waals surface area contributed by atoms with Gasteiger partial charge < -0.3 is 15.0 Å². The fourth-order valence-electron chi connectivity index (χ4n) is 4.72. The zero-order chi connectivity index (χ0) is 26.6. The van der Waals surface area contributed by atoms with Crippen molar-refractivity contribution in [2.45, 2.75) is 52.3 Å². The van der Waals surface area contributed by atoms with Crippen LogP contribution in [0, 0.1) is 18.3 Å². The second kappa shape index (κ2) is 11.0. The van der Waals surface area contributed by atoms with Crippen molar-refractivity contribution in [1.82, 2.24) is 20.3 Å². The van der Waals surface area contributed by atoms with Crippen molar-refractivity contribution in [2.75, 3.05) is 29.9 Å². The van der Waals surface area contributed by atoms with E-state index in [1.165, 1.54) is 0 Å². The fraction of sp³-hybridized carbons (Fsp3) is 0.393. The Balaban J connectivity index is 1.79. The lowest BCUT2D eigenvalue weighted by Gasteiger charge is -2.40. The molecule has 0 bridgehead atoms. The van der Waals surface area contributed by atoms with Crippen LogP contribution in [-0.4, -0.2) is 52.8 Å². The van der Waals surface area contributed by atoms with Gasteiger partial charge in [0.05, 0.1) is 29.8 Å². The molecule has 9 nitrogen and oxygen atoms in total. The van der Waals surface area contributed by atoms with Crippen LogP contribution in [-0.2, 0) is 10.2 Å². The number of ether oxygens (including phenoxy) is 1. The predicted molar refractivity (Wildman–Crippen MR) is 143 cm³/mol. The monoisotopic (exact) mass is 499 g/mol. The highest BCUT2D eigenvalue weighted by Gasteiger charge is 2.32. The summed E-state index contributed by atoms with van der Waals surface area (Å²) in [5, 5.41) is 16.5. The fourth-order valence-corrected chi connectivity index (χ4v) is 4.72. The number of nitrogens with zero attached hydrogens (tertiary/aromatic N) is 5. The maximum Gasteiger partial charge on any atom is 0.255 e. The molecule has 1 aromatic carbocycles. The van der Waals surface area contributed by atoms with Gasteiger partial charge in [-0.25, -0.2) is 9.97 Å². The highest BCUT2D eigenvalue weighted by molar-refractivity contribution is 6.05. The van der Waals surface area contributed by atoms with E-state index in [4.69, 9.17) is 4.74 Å². The Morgan fingerprint density at radius 1 is 1.24 bits per heavy atom. The Kier molecular flexibility index (Phi) is 7.81. The average molecular weight is 500 g/mol. The molecule has 1 saturated heterocycles. The summed E-state index contributed by atoms with van der Waals surface area (Å²) in [6, 6.07) is 11.5. The maximum absolute atomic E-state index is 13.0. The largest absolute Gasteiger partial charge is 0.359 e. The quantitative estimate of drug-likeness (QED) is 0.500. The van der Waals surface area contributed by atoms with Crippen molar-refractivity contribution < 1.29 is 9.53 Å². The number of amides is 1. The van der Waals surface area contributed by atoms with Gasteiger partial charge >= 0.3 is 0 Å². The first-order valence-electron chi connectivity index (χ1n) is 12.5. The van der Waals surface area contributed by atoms with E-state index in [9.17, 15) is 10.1 Å². The second-order valence-electron chi connectivity index (χ2n) is 9.65. The molecule has 9 heteroatoms. The Morgan fingerprint density at radius 2 is 2.00 bits per heavy atom. The summed E-state index contributed by atoms with van der Waals surface area (Å²) in [7, 11) is 0. The van der Waals surface area contributed by atoms with Crippen molar-refractivity contribution in [1.29, 1.82) is 5.26 Å². The highest BCUT2D eigenvalue weighted by Crippen LogP contribution is 2.40. The van der Waals surface area contributed by atoms with Gasteiger partial charge in [-0.15, -0.1) is 0 Å². The van der Waals surface area contributed by atoms with Gasteiger partial charge in [0.15, 0.2) is 0 Å². The summed E-state index contributed by atoms with van der Waals surface area (Å²) >= 11 is 0. The molecule has 37 heavy (non-hydrogen) atoms. The number of carbonyl (C=O) groups is 1. The number of nitrogens with one attached hydrogen (secondary N) is 2.